The molecule has 0 saturated carbocycles. The van der Waals surface area contributed by atoms with E-state index < -0.39 is 0 Å². The minimum Gasteiger partial charge on any atom is -0.464 e. The number of rotatable bonds is 7. The van der Waals surface area contributed by atoms with E-state index in [4.69, 9.17) is 9.47 Å². The summed E-state index contributed by atoms with van der Waals surface area (Å²) in [7, 11) is 1.99. The number of aliphatic imine (C=N–C) groups is 1. The van der Waals surface area contributed by atoms with E-state index in [0.29, 0.717) is 18.5 Å². The summed E-state index contributed by atoms with van der Waals surface area (Å²) in [5.74, 6) is 1.20. The first kappa shape index (κ1) is 17.7. The van der Waals surface area contributed by atoms with Gasteiger partial charge < -0.3 is 14.4 Å². The number of nitrogens with zero attached hydrogens (tertiary/aromatic N) is 4. The minimum atomic E-state index is 0.313. The average Bonchev–Trinajstić information content (AvgIpc) is 2.57. The molecule has 6 heteroatoms. The molecule has 0 aliphatic carbocycles. The quantitative estimate of drug-likeness (QED) is 0.570. The zero-order valence-corrected chi connectivity index (χ0v) is 14.9. The van der Waals surface area contributed by atoms with Crippen LogP contribution in [-0.2, 0) is 0 Å². The Morgan fingerprint density at radius 1 is 1.21 bits per heavy atom. The molecule has 0 radical (unpaired) electrons. The van der Waals surface area contributed by atoms with Crippen molar-refractivity contribution in [1.29, 1.82) is 0 Å². The fourth-order valence-electron chi connectivity index (χ4n) is 1.96. The number of benzene rings is 1. The molecule has 2 rings (SSSR count). The van der Waals surface area contributed by atoms with Crippen LogP contribution in [0.5, 0.6) is 17.6 Å². The Morgan fingerprint density at radius 3 is 2.71 bits per heavy atom. The predicted molar refractivity (Wildman–Crippen MR) is 95.6 cm³/mol. The van der Waals surface area contributed by atoms with E-state index in [1.807, 2.05) is 51.2 Å². The van der Waals surface area contributed by atoms with Crippen molar-refractivity contribution in [1.82, 2.24) is 14.9 Å². The van der Waals surface area contributed by atoms with Gasteiger partial charge in [-0.25, -0.2) is 9.98 Å². The van der Waals surface area contributed by atoms with Gasteiger partial charge in [0.15, 0.2) is 0 Å². The molecule has 0 amide bonds. The van der Waals surface area contributed by atoms with Crippen LogP contribution in [0.15, 0.2) is 29.4 Å². The molecule has 24 heavy (non-hydrogen) atoms. The van der Waals surface area contributed by atoms with Crippen molar-refractivity contribution in [3.63, 3.8) is 0 Å². The van der Waals surface area contributed by atoms with Gasteiger partial charge in [0.25, 0.3) is 0 Å². The summed E-state index contributed by atoms with van der Waals surface area (Å²) in [5, 5.41) is 0. The van der Waals surface area contributed by atoms with Gasteiger partial charge in [-0.05, 0) is 51.0 Å². The van der Waals surface area contributed by atoms with Crippen molar-refractivity contribution in [3.05, 3.63) is 35.5 Å². The number of aryl methyl sites for hydroxylation is 2. The van der Waals surface area contributed by atoms with Gasteiger partial charge in [0.2, 0.25) is 5.88 Å². The van der Waals surface area contributed by atoms with Crippen LogP contribution in [-0.4, -0.2) is 41.4 Å². The van der Waals surface area contributed by atoms with Gasteiger partial charge in [-0.15, -0.1) is 0 Å². The summed E-state index contributed by atoms with van der Waals surface area (Å²) >= 11 is 0. The number of hydrogen-bond donors (Lipinski definition) is 0. The zero-order valence-electron chi connectivity index (χ0n) is 14.9. The first-order chi connectivity index (χ1) is 11.5. The van der Waals surface area contributed by atoms with Crippen LogP contribution >= 0.6 is 0 Å². The molecular formula is C18H24N4O2. The summed E-state index contributed by atoms with van der Waals surface area (Å²) < 4.78 is 11.2. The molecule has 0 bridgehead atoms. The van der Waals surface area contributed by atoms with Crippen LogP contribution in [0.25, 0.3) is 0 Å². The molecule has 2 aromatic rings. The first-order valence-corrected chi connectivity index (χ1v) is 8.02. The molecular weight excluding hydrogens is 304 g/mol. The van der Waals surface area contributed by atoms with Gasteiger partial charge in [-0.2, -0.15) is 4.98 Å². The monoisotopic (exact) mass is 328 g/mol. The Labute approximate surface area is 143 Å². The smallest absolute Gasteiger partial charge is 0.319 e. The summed E-state index contributed by atoms with van der Waals surface area (Å²) in [4.78, 5) is 14.8. The molecule has 0 aliphatic rings. The van der Waals surface area contributed by atoms with Gasteiger partial charge in [0.05, 0.1) is 18.6 Å². The second-order valence-electron chi connectivity index (χ2n) is 5.43. The summed E-state index contributed by atoms with van der Waals surface area (Å²) in [6.45, 7) is 9.40. The standard InChI is InChI=1S/C18H24N4O2/c1-6-22(5)12-20-15-10-14(4)16(11-13(15)3)24-17-8-9-19-18(21-17)23-7-2/h8-12H,6-7H2,1-5H3. The summed E-state index contributed by atoms with van der Waals surface area (Å²) in [6, 6.07) is 6.00. The third-order valence-electron chi connectivity index (χ3n) is 3.48. The molecule has 1 aromatic heterocycles. The van der Waals surface area contributed by atoms with Gasteiger partial charge in [-0.1, -0.05) is 0 Å². The predicted octanol–water partition coefficient (Wildman–Crippen LogP) is 3.90. The lowest BCUT2D eigenvalue weighted by Gasteiger charge is -2.12. The molecule has 128 valence electrons. The third-order valence-corrected chi connectivity index (χ3v) is 3.48. The normalized spacial score (nSPS) is 10.9. The van der Waals surface area contributed by atoms with Crippen molar-refractivity contribution in [3.8, 4) is 17.6 Å². The molecule has 1 heterocycles. The molecule has 0 spiro atoms. The maximum Gasteiger partial charge on any atom is 0.319 e. The Bertz CT molecular complexity index is 716. The molecule has 0 unspecified atom stereocenters. The zero-order chi connectivity index (χ0) is 17.5. The molecule has 1 aromatic carbocycles. The van der Waals surface area contributed by atoms with Crippen molar-refractivity contribution >= 4 is 12.0 Å². The van der Waals surface area contributed by atoms with Crippen molar-refractivity contribution < 1.29 is 9.47 Å². The fourth-order valence-corrected chi connectivity index (χ4v) is 1.96. The first-order valence-electron chi connectivity index (χ1n) is 8.02. The van der Waals surface area contributed by atoms with Crippen LogP contribution in [0, 0.1) is 13.8 Å². The van der Waals surface area contributed by atoms with E-state index in [-0.39, 0.29) is 0 Å². The lowest BCUT2D eigenvalue weighted by Crippen LogP contribution is -2.14. The maximum atomic E-state index is 5.89. The highest BCUT2D eigenvalue weighted by Crippen LogP contribution is 2.31. The molecule has 0 aliphatic heterocycles. The number of ether oxygens (including phenoxy) is 2. The Morgan fingerprint density at radius 2 is 2.00 bits per heavy atom. The lowest BCUT2D eigenvalue weighted by molar-refractivity contribution is 0.306. The Balaban J connectivity index is 2.21. The van der Waals surface area contributed by atoms with Gasteiger partial charge in [0, 0.05) is 25.9 Å². The summed E-state index contributed by atoms with van der Waals surface area (Å²) in [6.07, 6.45) is 3.45. The lowest BCUT2D eigenvalue weighted by atomic mass is 10.1. The maximum absolute atomic E-state index is 5.89. The SMILES string of the molecule is CCOc1nccc(Oc2cc(C)c(N=CN(C)CC)cc2C)n1. The minimum absolute atomic E-state index is 0.313. The molecule has 0 saturated heterocycles. The summed E-state index contributed by atoms with van der Waals surface area (Å²) in [5.41, 5.74) is 2.96. The van der Waals surface area contributed by atoms with Gasteiger partial charge >= 0.3 is 6.01 Å². The second kappa shape index (κ2) is 8.29. The van der Waals surface area contributed by atoms with E-state index in [0.717, 1.165) is 29.1 Å². The average molecular weight is 328 g/mol. The van der Waals surface area contributed by atoms with Gasteiger partial charge in [-0.3, -0.25) is 0 Å². The van der Waals surface area contributed by atoms with Crippen LogP contribution in [0.3, 0.4) is 0 Å². The van der Waals surface area contributed by atoms with E-state index in [9.17, 15) is 0 Å². The topological polar surface area (TPSA) is 59.8 Å². The van der Waals surface area contributed by atoms with Crippen LogP contribution in [0.4, 0.5) is 5.69 Å². The van der Waals surface area contributed by atoms with Crippen LogP contribution in [0.2, 0.25) is 0 Å². The van der Waals surface area contributed by atoms with Crippen molar-refractivity contribution in [2.45, 2.75) is 27.7 Å². The highest BCUT2D eigenvalue weighted by molar-refractivity contribution is 5.64. The van der Waals surface area contributed by atoms with E-state index in [1.54, 1.807) is 12.3 Å². The fraction of sp³-hybridized carbons (Fsp3) is 0.389. The Kier molecular flexibility index (Phi) is 6.12. The third kappa shape index (κ3) is 4.68. The van der Waals surface area contributed by atoms with E-state index in [1.165, 1.54) is 0 Å². The van der Waals surface area contributed by atoms with Crippen LogP contribution in [0.1, 0.15) is 25.0 Å². The molecule has 0 fully saturated rings. The number of hydrogen-bond acceptors (Lipinski definition) is 5. The van der Waals surface area contributed by atoms with Crippen LogP contribution < -0.4 is 9.47 Å². The molecule has 0 atom stereocenters. The number of aromatic nitrogens is 2. The van der Waals surface area contributed by atoms with Crippen molar-refractivity contribution in [2.24, 2.45) is 4.99 Å². The highest BCUT2D eigenvalue weighted by atomic mass is 16.5. The Hall–Kier alpha value is -2.63. The van der Waals surface area contributed by atoms with E-state index >= 15 is 0 Å². The highest BCUT2D eigenvalue weighted by Gasteiger charge is 2.08. The largest absolute Gasteiger partial charge is 0.464 e. The second-order valence-corrected chi connectivity index (χ2v) is 5.43. The molecule has 0 N–H and O–H groups in total. The van der Waals surface area contributed by atoms with E-state index in [2.05, 4.69) is 21.9 Å². The van der Waals surface area contributed by atoms with Crippen molar-refractivity contribution in [2.75, 3.05) is 20.2 Å². The van der Waals surface area contributed by atoms with Gasteiger partial charge in [0.1, 0.15) is 5.75 Å². The molecule has 6 nitrogen and oxygen atoms in total.